The molecule has 1 N–H and O–H groups in total. The van der Waals surface area contributed by atoms with E-state index >= 15 is 0 Å². The molecule has 0 bridgehead atoms. The van der Waals surface area contributed by atoms with E-state index in [0.29, 0.717) is 5.92 Å². The number of hydrogen-bond donors (Lipinski definition) is 1. The summed E-state index contributed by atoms with van der Waals surface area (Å²) in [6.07, 6.45) is 1.06. The van der Waals surface area contributed by atoms with Gasteiger partial charge in [0, 0.05) is 17.8 Å². The Morgan fingerprint density at radius 3 is 2.67 bits per heavy atom. The van der Waals surface area contributed by atoms with Crippen molar-refractivity contribution < 1.29 is 4.74 Å². The number of aryl methyl sites for hydroxylation is 2. The summed E-state index contributed by atoms with van der Waals surface area (Å²) < 4.78 is 5.86. The van der Waals surface area contributed by atoms with Crippen molar-refractivity contribution in [1.82, 2.24) is 10.3 Å². The van der Waals surface area contributed by atoms with Gasteiger partial charge in [-0.2, -0.15) is 0 Å². The summed E-state index contributed by atoms with van der Waals surface area (Å²) in [5, 5.41) is 3.34. The van der Waals surface area contributed by atoms with E-state index in [9.17, 15) is 0 Å². The molecule has 0 aromatic carbocycles. The fraction of sp³-hybridized carbons (Fsp3) is 0.667. The molecule has 3 heteroatoms. The molecule has 0 atom stereocenters. The third kappa shape index (κ3) is 4.65. The Hall–Kier alpha value is -1.09. The molecule has 0 aliphatic heterocycles. The number of pyridine rings is 1. The summed E-state index contributed by atoms with van der Waals surface area (Å²) in [6.45, 7) is 13.2. The Labute approximate surface area is 111 Å². The first-order valence-corrected chi connectivity index (χ1v) is 6.85. The van der Waals surface area contributed by atoms with Crippen molar-refractivity contribution in [3.63, 3.8) is 0 Å². The van der Waals surface area contributed by atoms with Gasteiger partial charge in [0.25, 0.3) is 0 Å². The summed E-state index contributed by atoms with van der Waals surface area (Å²) in [5.41, 5.74) is 3.46. The Bertz CT molecular complexity index is 375. The number of nitrogens with zero attached hydrogens (tertiary/aromatic N) is 1. The molecule has 1 rings (SSSR count). The van der Waals surface area contributed by atoms with E-state index < -0.39 is 0 Å². The molecule has 18 heavy (non-hydrogen) atoms. The van der Waals surface area contributed by atoms with Crippen molar-refractivity contribution in [3.05, 3.63) is 22.9 Å². The van der Waals surface area contributed by atoms with Crippen LogP contribution in [0.4, 0.5) is 0 Å². The fourth-order valence-electron chi connectivity index (χ4n) is 1.80. The van der Waals surface area contributed by atoms with E-state index in [2.05, 4.69) is 44.1 Å². The highest BCUT2D eigenvalue weighted by molar-refractivity contribution is 5.35. The second-order valence-electron chi connectivity index (χ2n) is 5.18. The molecule has 0 saturated heterocycles. The molecule has 0 aliphatic rings. The van der Waals surface area contributed by atoms with Gasteiger partial charge in [-0.15, -0.1) is 0 Å². The predicted octanol–water partition coefficient (Wildman–Crippen LogP) is 3.23. The van der Waals surface area contributed by atoms with Crippen molar-refractivity contribution >= 4 is 0 Å². The first kappa shape index (κ1) is 15.0. The molecule has 102 valence electrons. The molecule has 1 heterocycles. The van der Waals surface area contributed by atoms with E-state index in [-0.39, 0.29) is 0 Å². The Kier molecular flexibility index (Phi) is 6.13. The van der Waals surface area contributed by atoms with Crippen LogP contribution < -0.4 is 10.1 Å². The maximum Gasteiger partial charge on any atom is 0.218 e. The van der Waals surface area contributed by atoms with Gasteiger partial charge < -0.3 is 10.1 Å². The zero-order valence-corrected chi connectivity index (χ0v) is 12.3. The van der Waals surface area contributed by atoms with Crippen molar-refractivity contribution in [1.29, 1.82) is 0 Å². The van der Waals surface area contributed by atoms with Crippen LogP contribution in [0.2, 0.25) is 0 Å². The van der Waals surface area contributed by atoms with Gasteiger partial charge in [0.05, 0.1) is 6.61 Å². The average Bonchev–Trinajstić information content (AvgIpc) is 2.27. The summed E-state index contributed by atoms with van der Waals surface area (Å²) in [6, 6.07) is 2.11. The third-order valence-electron chi connectivity index (χ3n) is 2.92. The lowest BCUT2D eigenvalue weighted by atomic mass is 10.1. The summed E-state index contributed by atoms with van der Waals surface area (Å²) in [5.74, 6) is 1.46. The molecule has 0 unspecified atom stereocenters. The molecule has 1 aromatic heterocycles. The highest BCUT2D eigenvalue weighted by Gasteiger charge is 2.10. The highest BCUT2D eigenvalue weighted by atomic mass is 16.5. The average molecular weight is 250 g/mol. The van der Waals surface area contributed by atoms with Crippen molar-refractivity contribution in [2.24, 2.45) is 5.92 Å². The highest BCUT2D eigenvalue weighted by Crippen LogP contribution is 2.21. The Morgan fingerprint density at radius 2 is 2.06 bits per heavy atom. The predicted molar refractivity (Wildman–Crippen MR) is 76.0 cm³/mol. The minimum atomic E-state index is 0.660. The minimum Gasteiger partial charge on any atom is -0.477 e. The van der Waals surface area contributed by atoms with Crippen LogP contribution in [-0.4, -0.2) is 18.1 Å². The van der Waals surface area contributed by atoms with E-state index in [1.165, 1.54) is 11.1 Å². The fourth-order valence-corrected chi connectivity index (χ4v) is 1.80. The SMILES string of the molecule is CCNCc1c(C)cc(C)nc1OCCC(C)C. The molecule has 0 amide bonds. The van der Waals surface area contributed by atoms with Crippen LogP contribution in [0.3, 0.4) is 0 Å². The van der Waals surface area contributed by atoms with Crippen LogP contribution in [0, 0.1) is 19.8 Å². The zero-order chi connectivity index (χ0) is 13.5. The van der Waals surface area contributed by atoms with Crippen molar-refractivity contribution in [3.8, 4) is 5.88 Å². The first-order valence-electron chi connectivity index (χ1n) is 6.85. The van der Waals surface area contributed by atoms with Crippen LogP contribution in [0.25, 0.3) is 0 Å². The normalized spacial score (nSPS) is 11.0. The Morgan fingerprint density at radius 1 is 1.33 bits per heavy atom. The molecular weight excluding hydrogens is 224 g/mol. The maximum atomic E-state index is 5.86. The molecule has 0 aliphatic carbocycles. The smallest absolute Gasteiger partial charge is 0.218 e. The summed E-state index contributed by atoms with van der Waals surface area (Å²) in [4.78, 5) is 4.52. The molecular formula is C15H26N2O. The molecule has 3 nitrogen and oxygen atoms in total. The molecule has 0 radical (unpaired) electrons. The number of nitrogens with one attached hydrogen (secondary N) is 1. The standard InChI is InChI=1S/C15H26N2O/c1-6-16-10-14-12(4)9-13(5)17-15(14)18-8-7-11(2)3/h9,11,16H,6-8,10H2,1-5H3. The molecule has 1 aromatic rings. The monoisotopic (exact) mass is 250 g/mol. The molecule has 0 spiro atoms. The van der Waals surface area contributed by atoms with Gasteiger partial charge in [-0.1, -0.05) is 20.8 Å². The van der Waals surface area contributed by atoms with Crippen LogP contribution in [0.5, 0.6) is 5.88 Å². The second kappa shape index (κ2) is 7.37. The molecule has 0 saturated carbocycles. The quantitative estimate of drug-likeness (QED) is 0.806. The van der Waals surface area contributed by atoms with Crippen molar-refractivity contribution in [2.45, 2.75) is 47.6 Å². The number of aromatic nitrogens is 1. The number of rotatable bonds is 7. The van der Waals surface area contributed by atoms with E-state index in [0.717, 1.165) is 37.7 Å². The lowest BCUT2D eigenvalue weighted by molar-refractivity contribution is 0.275. The van der Waals surface area contributed by atoms with Crippen LogP contribution >= 0.6 is 0 Å². The summed E-state index contributed by atoms with van der Waals surface area (Å²) >= 11 is 0. The van der Waals surface area contributed by atoms with Gasteiger partial charge in [0.15, 0.2) is 0 Å². The summed E-state index contributed by atoms with van der Waals surface area (Å²) in [7, 11) is 0. The van der Waals surface area contributed by atoms with Gasteiger partial charge in [0.2, 0.25) is 5.88 Å². The van der Waals surface area contributed by atoms with Gasteiger partial charge >= 0.3 is 0 Å². The second-order valence-corrected chi connectivity index (χ2v) is 5.18. The topological polar surface area (TPSA) is 34.2 Å². The molecule has 0 fully saturated rings. The van der Waals surface area contributed by atoms with Crippen LogP contribution in [0.15, 0.2) is 6.07 Å². The zero-order valence-electron chi connectivity index (χ0n) is 12.3. The van der Waals surface area contributed by atoms with Crippen molar-refractivity contribution in [2.75, 3.05) is 13.2 Å². The number of hydrogen-bond acceptors (Lipinski definition) is 3. The van der Waals surface area contributed by atoms with Gasteiger partial charge in [-0.05, 0) is 44.4 Å². The van der Waals surface area contributed by atoms with Gasteiger partial charge in [-0.3, -0.25) is 0 Å². The first-order chi connectivity index (χ1) is 8.54. The van der Waals surface area contributed by atoms with E-state index in [1.54, 1.807) is 0 Å². The van der Waals surface area contributed by atoms with E-state index in [4.69, 9.17) is 4.74 Å². The lowest BCUT2D eigenvalue weighted by Gasteiger charge is -2.15. The van der Waals surface area contributed by atoms with Crippen LogP contribution in [0.1, 0.15) is 44.0 Å². The lowest BCUT2D eigenvalue weighted by Crippen LogP contribution is -2.15. The maximum absolute atomic E-state index is 5.86. The third-order valence-corrected chi connectivity index (χ3v) is 2.92. The van der Waals surface area contributed by atoms with Gasteiger partial charge in [0.1, 0.15) is 0 Å². The van der Waals surface area contributed by atoms with Crippen LogP contribution in [-0.2, 0) is 6.54 Å². The van der Waals surface area contributed by atoms with Gasteiger partial charge in [-0.25, -0.2) is 4.98 Å². The Balaban J connectivity index is 2.78. The number of ether oxygens (including phenoxy) is 1. The largest absolute Gasteiger partial charge is 0.477 e. The minimum absolute atomic E-state index is 0.660. The van der Waals surface area contributed by atoms with E-state index in [1.807, 2.05) is 6.92 Å².